The summed E-state index contributed by atoms with van der Waals surface area (Å²) in [5.74, 6) is -1.06. The minimum atomic E-state index is -1.05. The number of aliphatic carboxylic acids is 1. The van der Waals surface area contributed by atoms with Gasteiger partial charge in [0, 0.05) is 12.5 Å². The van der Waals surface area contributed by atoms with E-state index in [2.05, 4.69) is 4.98 Å². The zero-order valence-electron chi connectivity index (χ0n) is 12.8. The number of benzene rings is 1. The number of rotatable bonds is 6. The first-order valence-electron chi connectivity index (χ1n) is 7.59. The smallest absolute Gasteiger partial charge is 0.326 e. The normalized spacial score (nSPS) is 15.2. The number of carboxylic acids is 1. The zero-order chi connectivity index (χ0) is 16.4. The number of hydrogen-bond donors (Lipinski definition) is 1. The molecule has 1 heterocycles. The van der Waals surface area contributed by atoms with Crippen LogP contribution in [0.25, 0.3) is 0 Å². The van der Waals surface area contributed by atoms with Crippen LogP contribution in [-0.2, 0) is 11.3 Å². The second-order valence-corrected chi connectivity index (χ2v) is 5.77. The molecule has 1 fully saturated rings. The molecule has 0 aliphatic heterocycles. The van der Waals surface area contributed by atoms with Crippen LogP contribution in [-0.4, -0.2) is 32.9 Å². The highest BCUT2D eigenvalue weighted by Crippen LogP contribution is 2.41. The van der Waals surface area contributed by atoms with Gasteiger partial charge in [-0.3, -0.25) is 4.79 Å². The average molecular weight is 314 g/mol. The van der Waals surface area contributed by atoms with Gasteiger partial charge in [-0.25, -0.2) is 9.78 Å². The van der Waals surface area contributed by atoms with Crippen LogP contribution >= 0.6 is 0 Å². The minimum Gasteiger partial charge on any atom is -0.480 e. The molecule has 1 aliphatic rings. The van der Waals surface area contributed by atoms with E-state index in [0.717, 1.165) is 18.4 Å². The van der Waals surface area contributed by atoms with E-state index in [0.29, 0.717) is 5.69 Å². The molecule has 1 aromatic heterocycles. The lowest BCUT2D eigenvalue weighted by Gasteiger charge is -2.26. The molecule has 1 aliphatic carbocycles. The van der Waals surface area contributed by atoms with Crippen LogP contribution in [0.5, 0.6) is 0 Å². The SMILES string of the molecule is CC(C(=O)O)N(Cc1ccccc1)C(=O)c1ocnc1C1CC1. The van der Waals surface area contributed by atoms with Crippen molar-refractivity contribution in [3.63, 3.8) is 0 Å². The Labute approximate surface area is 133 Å². The molecule has 0 radical (unpaired) electrons. The maximum absolute atomic E-state index is 12.8. The van der Waals surface area contributed by atoms with Crippen molar-refractivity contribution in [3.05, 3.63) is 53.7 Å². The largest absolute Gasteiger partial charge is 0.480 e. The van der Waals surface area contributed by atoms with Crippen molar-refractivity contribution in [1.29, 1.82) is 0 Å². The van der Waals surface area contributed by atoms with Gasteiger partial charge in [-0.1, -0.05) is 30.3 Å². The van der Waals surface area contributed by atoms with Crippen molar-refractivity contribution >= 4 is 11.9 Å². The molecule has 1 unspecified atom stereocenters. The summed E-state index contributed by atoms with van der Waals surface area (Å²) in [5.41, 5.74) is 1.51. The van der Waals surface area contributed by atoms with Gasteiger partial charge in [0.2, 0.25) is 5.76 Å². The van der Waals surface area contributed by atoms with E-state index in [4.69, 9.17) is 4.42 Å². The first-order valence-corrected chi connectivity index (χ1v) is 7.59. The standard InChI is InChI=1S/C17H18N2O4/c1-11(17(21)22)19(9-12-5-3-2-4-6-12)16(20)15-14(13-7-8-13)18-10-23-15/h2-6,10-11,13H,7-9H2,1H3,(H,21,22). The lowest BCUT2D eigenvalue weighted by molar-refractivity contribution is -0.141. The van der Waals surface area contributed by atoms with E-state index in [1.54, 1.807) is 0 Å². The van der Waals surface area contributed by atoms with Crippen LogP contribution in [0.15, 0.2) is 41.1 Å². The third kappa shape index (κ3) is 3.26. The molecule has 1 atom stereocenters. The molecule has 120 valence electrons. The molecule has 0 saturated heterocycles. The van der Waals surface area contributed by atoms with Gasteiger partial charge in [0.05, 0.1) is 5.69 Å². The van der Waals surface area contributed by atoms with Gasteiger partial charge in [0.25, 0.3) is 5.91 Å². The molecule has 0 bridgehead atoms. The second-order valence-electron chi connectivity index (χ2n) is 5.77. The number of carboxylic acid groups (broad SMARTS) is 1. The summed E-state index contributed by atoms with van der Waals surface area (Å²) in [6.45, 7) is 1.70. The van der Waals surface area contributed by atoms with E-state index in [9.17, 15) is 14.7 Å². The number of hydrogen-bond acceptors (Lipinski definition) is 4. The van der Waals surface area contributed by atoms with Crippen LogP contribution < -0.4 is 0 Å². The van der Waals surface area contributed by atoms with Gasteiger partial charge in [-0.15, -0.1) is 0 Å². The summed E-state index contributed by atoms with van der Waals surface area (Å²) in [5, 5.41) is 9.33. The molecule has 1 amide bonds. The van der Waals surface area contributed by atoms with Crippen molar-refractivity contribution in [2.45, 2.75) is 38.3 Å². The molecule has 0 spiro atoms. The van der Waals surface area contributed by atoms with Crippen molar-refractivity contribution in [2.75, 3.05) is 0 Å². The maximum atomic E-state index is 12.8. The molecular formula is C17H18N2O4. The predicted molar refractivity (Wildman–Crippen MR) is 81.9 cm³/mol. The molecule has 6 nitrogen and oxygen atoms in total. The zero-order valence-corrected chi connectivity index (χ0v) is 12.8. The monoisotopic (exact) mass is 314 g/mol. The highest BCUT2D eigenvalue weighted by molar-refractivity contribution is 5.95. The van der Waals surface area contributed by atoms with Crippen LogP contribution in [0.4, 0.5) is 0 Å². The molecule has 1 N–H and O–H groups in total. The summed E-state index contributed by atoms with van der Waals surface area (Å²) in [4.78, 5) is 29.7. The second kappa shape index (κ2) is 6.24. The van der Waals surface area contributed by atoms with E-state index >= 15 is 0 Å². The molecule has 6 heteroatoms. The predicted octanol–water partition coefficient (Wildman–Crippen LogP) is 2.67. The Kier molecular flexibility index (Phi) is 4.14. The van der Waals surface area contributed by atoms with E-state index in [-0.39, 0.29) is 18.2 Å². The van der Waals surface area contributed by atoms with Crippen molar-refractivity contribution in [3.8, 4) is 0 Å². The van der Waals surface area contributed by atoms with Gasteiger partial charge >= 0.3 is 5.97 Å². The fourth-order valence-electron chi connectivity index (χ4n) is 2.49. The number of aromatic nitrogens is 1. The summed E-state index contributed by atoms with van der Waals surface area (Å²) >= 11 is 0. The first-order chi connectivity index (χ1) is 11.1. The van der Waals surface area contributed by atoms with Gasteiger partial charge in [-0.2, -0.15) is 0 Å². The van der Waals surface area contributed by atoms with Gasteiger partial charge < -0.3 is 14.4 Å². The van der Waals surface area contributed by atoms with Crippen LogP contribution in [0.2, 0.25) is 0 Å². The number of carbonyl (C=O) groups excluding carboxylic acids is 1. The van der Waals surface area contributed by atoms with E-state index in [1.165, 1.54) is 18.2 Å². The average Bonchev–Trinajstić information content (AvgIpc) is 3.29. The van der Waals surface area contributed by atoms with Gasteiger partial charge in [0.1, 0.15) is 6.04 Å². The number of oxazole rings is 1. The molecule has 23 heavy (non-hydrogen) atoms. The highest BCUT2D eigenvalue weighted by Gasteiger charge is 2.36. The lowest BCUT2D eigenvalue weighted by Crippen LogP contribution is -2.42. The highest BCUT2D eigenvalue weighted by atomic mass is 16.4. The Morgan fingerprint density at radius 2 is 2.04 bits per heavy atom. The molecule has 3 rings (SSSR count). The summed E-state index contributed by atoms with van der Waals surface area (Å²) in [6, 6.07) is 8.34. The lowest BCUT2D eigenvalue weighted by atomic mass is 10.1. The van der Waals surface area contributed by atoms with Crippen molar-refractivity contribution in [2.24, 2.45) is 0 Å². The first kappa shape index (κ1) is 15.3. The minimum absolute atomic E-state index is 0.163. The molecular weight excluding hydrogens is 296 g/mol. The molecule has 2 aromatic rings. The van der Waals surface area contributed by atoms with Crippen LogP contribution in [0.1, 0.15) is 47.5 Å². The van der Waals surface area contributed by atoms with Gasteiger partial charge in [0.15, 0.2) is 6.39 Å². The third-order valence-corrected chi connectivity index (χ3v) is 4.03. The maximum Gasteiger partial charge on any atom is 0.326 e. The topological polar surface area (TPSA) is 83.6 Å². The van der Waals surface area contributed by atoms with Crippen LogP contribution in [0.3, 0.4) is 0 Å². The number of amides is 1. The fraction of sp³-hybridized carbons (Fsp3) is 0.353. The summed E-state index contributed by atoms with van der Waals surface area (Å²) in [6.07, 6.45) is 3.23. The third-order valence-electron chi connectivity index (χ3n) is 4.03. The van der Waals surface area contributed by atoms with Crippen molar-refractivity contribution in [1.82, 2.24) is 9.88 Å². The van der Waals surface area contributed by atoms with Crippen LogP contribution in [0, 0.1) is 0 Å². The Morgan fingerprint density at radius 3 is 2.65 bits per heavy atom. The summed E-state index contributed by atoms with van der Waals surface area (Å²) in [7, 11) is 0. The fourth-order valence-corrected chi connectivity index (χ4v) is 2.49. The quantitative estimate of drug-likeness (QED) is 0.886. The Balaban J connectivity index is 1.89. The van der Waals surface area contributed by atoms with E-state index in [1.807, 2.05) is 30.3 Å². The van der Waals surface area contributed by atoms with Gasteiger partial charge in [-0.05, 0) is 25.3 Å². The number of carbonyl (C=O) groups is 2. The Morgan fingerprint density at radius 1 is 1.35 bits per heavy atom. The number of nitrogens with zero attached hydrogens (tertiary/aromatic N) is 2. The summed E-state index contributed by atoms with van der Waals surface area (Å²) < 4.78 is 5.28. The molecule has 1 aromatic carbocycles. The molecule has 1 saturated carbocycles. The Bertz CT molecular complexity index is 706. The van der Waals surface area contributed by atoms with Crippen molar-refractivity contribution < 1.29 is 19.1 Å². The Hall–Kier alpha value is -2.63. The van der Waals surface area contributed by atoms with E-state index < -0.39 is 17.9 Å².